The van der Waals surface area contributed by atoms with Crippen molar-refractivity contribution in [3.05, 3.63) is 102 Å². The van der Waals surface area contributed by atoms with Gasteiger partial charge < -0.3 is 16.2 Å². The van der Waals surface area contributed by atoms with Crippen LogP contribution in [0.4, 0.5) is 4.39 Å². The van der Waals surface area contributed by atoms with E-state index in [0.717, 1.165) is 6.08 Å². The van der Waals surface area contributed by atoms with Gasteiger partial charge >= 0.3 is 0 Å². The van der Waals surface area contributed by atoms with Crippen LogP contribution in [0.5, 0.6) is 11.5 Å². The van der Waals surface area contributed by atoms with Gasteiger partial charge in [0.25, 0.3) is 11.8 Å². The molecule has 2 amide bonds. The molecule has 0 aliphatic carbocycles. The predicted molar refractivity (Wildman–Crippen MR) is 127 cm³/mol. The van der Waals surface area contributed by atoms with Crippen LogP contribution in [0.2, 0.25) is 0 Å². The van der Waals surface area contributed by atoms with E-state index < -0.39 is 17.6 Å². The normalized spacial score (nSPS) is 11.0. The Labute approximate surface area is 194 Å². The van der Waals surface area contributed by atoms with Gasteiger partial charge in [0.2, 0.25) is 11.9 Å². The van der Waals surface area contributed by atoms with Gasteiger partial charge in [0.1, 0.15) is 17.3 Å². The topological polar surface area (TPSA) is 144 Å². The molecular weight excluding hydrogens is 439 g/mol. The van der Waals surface area contributed by atoms with Crippen molar-refractivity contribution < 1.29 is 18.7 Å². The highest BCUT2D eigenvalue weighted by Gasteiger charge is 2.12. The lowest BCUT2D eigenvalue weighted by atomic mass is 10.2. The minimum Gasteiger partial charge on any atom is -0.457 e. The lowest BCUT2D eigenvalue weighted by molar-refractivity contribution is -0.115. The molecule has 0 atom stereocenters. The molecule has 172 valence electrons. The van der Waals surface area contributed by atoms with E-state index in [2.05, 4.69) is 20.8 Å². The Morgan fingerprint density at radius 1 is 0.824 bits per heavy atom. The van der Waals surface area contributed by atoms with Crippen LogP contribution in [0.25, 0.3) is 6.08 Å². The number of ether oxygens (including phenoxy) is 1. The highest BCUT2D eigenvalue weighted by molar-refractivity contribution is 6.12. The highest BCUT2D eigenvalue weighted by Crippen LogP contribution is 2.21. The summed E-state index contributed by atoms with van der Waals surface area (Å²) >= 11 is 0. The molecule has 0 heterocycles. The number of carbonyl (C=O) groups is 2. The summed E-state index contributed by atoms with van der Waals surface area (Å²) in [4.78, 5) is 24.9. The van der Waals surface area contributed by atoms with E-state index in [1.165, 1.54) is 36.4 Å². The number of hydrogen-bond acceptors (Lipinski definition) is 5. The summed E-state index contributed by atoms with van der Waals surface area (Å²) in [6.45, 7) is 0. The van der Waals surface area contributed by atoms with E-state index in [-0.39, 0.29) is 23.0 Å². The molecule has 10 heteroatoms. The Kier molecular flexibility index (Phi) is 8.06. The second kappa shape index (κ2) is 11.6. The van der Waals surface area contributed by atoms with Crippen molar-refractivity contribution in [3.8, 4) is 11.5 Å². The average molecular weight is 460 g/mol. The van der Waals surface area contributed by atoms with E-state index in [0.29, 0.717) is 11.5 Å². The molecule has 3 rings (SSSR count). The fourth-order valence-corrected chi connectivity index (χ4v) is 2.60. The first kappa shape index (κ1) is 23.7. The molecule has 3 aromatic rings. The monoisotopic (exact) mass is 460 g/mol. The predicted octanol–water partition coefficient (Wildman–Crippen LogP) is 2.72. The number of hydrogen-bond donors (Lipinski definition) is 4. The summed E-state index contributed by atoms with van der Waals surface area (Å²) in [6, 6.07) is 21.4. The van der Waals surface area contributed by atoms with Gasteiger partial charge in [-0.2, -0.15) is 0 Å². The van der Waals surface area contributed by atoms with Crippen LogP contribution in [-0.4, -0.2) is 23.7 Å². The number of nitrogens with zero attached hydrogens (tertiary/aromatic N) is 2. The Balaban J connectivity index is 1.67. The second-order valence-corrected chi connectivity index (χ2v) is 6.71. The fraction of sp³-hybridized carbons (Fsp3) is 0. The smallest absolute Gasteiger partial charge is 0.258 e. The lowest BCUT2D eigenvalue weighted by Gasteiger charge is -2.09. The zero-order valence-electron chi connectivity index (χ0n) is 17.8. The average Bonchev–Trinajstić information content (AvgIpc) is 2.83. The molecule has 9 nitrogen and oxygen atoms in total. The zero-order valence-corrected chi connectivity index (χ0v) is 17.8. The first-order valence-electron chi connectivity index (χ1n) is 9.95. The number of halogens is 1. The van der Waals surface area contributed by atoms with Crippen LogP contribution in [0.3, 0.4) is 0 Å². The van der Waals surface area contributed by atoms with Gasteiger partial charge in [-0.1, -0.05) is 36.4 Å². The summed E-state index contributed by atoms with van der Waals surface area (Å²) in [6.07, 6.45) is 2.35. The minimum atomic E-state index is -0.695. The van der Waals surface area contributed by atoms with E-state index in [4.69, 9.17) is 16.2 Å². The van der Waals surface area contributed by atoms with Gasteiger partial charge in [-0.25, -0.2) is 4.39 Å². The van der Waals surface area contributed by atoms with Crippen LogP contribution in [-0.2, 0) is 4.79 Å². The highest BCUT2D eigenvalue weighted by atomic mass is 19.1. The van der Waals surface area contributed by atoms with Gasteiger partial charge in [0.05, 0.1) is 0 Å². The maximum atomic E-state index is 13.7. The molecule has 0 spiro atoms. The summed E-state index contributed by atoms with van der Waals surface area (Å²) in [7, 11) is 0. The first-order chi connectivity index (χ1) is 16.4. The fourth-order valence-electron chi connectivity index (χ4n) is 2.60. The van der Waals surface area contributed by atoms with Crippen LogP contribution in [0.15, 0.2) is 95.1 Å². The third-order valence-electron chi connectivity index (χ3n) is 4.15. The summed E-state index contributed by atoms with van der Waals surface area (Å²) in [5.74, 6) is -1.31. The number of benzene rings is 3. The maximum absolute atomic E-state index is 13.7. The Morgan fingerprint density at radius 3 is 2.15 bits per heavy atom. The van der Waals surface area contributed by atoms with Crippen molar-refractivity contribution in [3.63, 3.8) is 0 Å². The molecule has 34 heavy (non-hydrogen) atoms. The van der Waals surface area contributed by atoms with E-state index in [1.54, 1.807) is 30.3 Å². The van der Waals surface area contributed by atoms with Crippen molar-refractivity contribution in [2.24, 2.45) is 21.7 Å². The standard InChI is InChI=1S/C24H21FN6O3/c25-20-9-5-4-6-16(20)12-15-21(32)28-24(31-30-23(26)27)29-22(33)17-10-13-19(14-11-17)34-18-7-2-1-3-8-18/h1-15H,(H4,26,27,30)(H2,28,29,31,32,33). The maximum Gasteiger partial charge on any atom is 0.258 e. The minimum absolute atomic E-state index is 0.210. The SMILES string of the molecule is NC(N)=NN=C(NC(=O)C=Cc1ccccc1F)NC(=O)c1ccc(Oc2ccccc2)cc1. The Hall–Kier alpha value is -4.99. The molecule has 6 N–H and O–H groups in total. The van der Waals surface area contributed by atoms with Crippen molar-refractivity contribution >= 4 is 29.8 Å². The number of carbonyl (C=O) groups excluding carboxylic acids is 2. The number of rotatable bonds is 6. The van der Waals surface area contributed by atoms with Gasteiger partial charge in [-0.05, 0) is 48.5 Å². The third kappa shape index (κ3) is 7.31. The molecule has 0 radical (unpaired) electrons. The molecule has 0 aliphatic rings. The third-order valence-corrected chi connectivity index (χ3v) is 4.15. The lowest BCUT2D eigenvalue weighted by Crippen LogP contribution is -2.43. The second-order valence-electron chi connectivity index (χ2n) is 6.71. The van der Waals surface area contributed by atoms with Crippen molar-refractivity contribution in [1.82, 2.24) is 10.6 Å². The molecule has 3 aromatic carbocycles. The van der Waals surface area contributed by atoms with Crippen LogP contribution in [0.1, 0.15) is 15.9 Å². The largest absolute Gasteiger partial charge is 0.457 e. The molecule has 0 aromatic heterocycles. The summed E-state index contributed by atoms with van der Waals surface area (Å²) in [5.41, 5.74) is 11.0. The van der Waals surface area contributed by atoms with Gasteiger partial charge in [-0.3, -0.25) is 20.2 Å². The van der Waals surface area contributed by atoms with Gasteiger partial charge in [0, 0.05) is 17.2 Å². The number of nitrogens with two attached hydrogens (primary N) is 2. The van der Waals surface area contributed by atoms with Gasteiger partial charge in [-0.15, -0.1) is 10.2 Å². The number of amides is 2. The van der Waals surface area contributed by atoms with E-state index in [9.17, 15) is 14.0 Å². The quantitative estimate of drug-likeness (QED) is 0.193. The van der Waals surface area contributed by atoms with Crippen molar-refractivity contribution in [1.29, 1.82) is 0 Å². The summed E-state index contributed by atoms with van der Waals surface area (Å²) < 4.78 is 19.4. The van der Waals surface area contributed by atoms with Crippen LogP contribution < -0.4 is 26.8 Å². The van der Waals surface area contributed by atoms with Crippen molar-refractivity contribution in [2.75, 3.05) is 0 Å². The molecule has 0 fully saturated rings. The molecule has 0 aliphatic heterocycles. The molecule has 0 unspecified atom stereocenters. The van der Waals surface area contributed by atoms with E-state index >= 15 is 0 Å². The van der Waals surface area contributed by atoms with Crippen molar-refractivity contribution in [2.45, 2.75) is 0 Å². The molecule has 0 saturated carbocycles. The van der Waals surface area contributed by atoms with Crippen LogP contribution >= 0.6 is 0 Å². The number of guanidine groups is 2. The van der Waals surface area contributed by atoms with Crippen LogP contribution in [0, 0.1) is 5.82 Å². The molecular formula is C24H21FN6O3. The Bertz CT molecular complexity index is 1240. The molecule has 0 bridgehead atoms. The number of para-hydroxylation sites is 1. The molecule has 0 saturated heterocycles. The summed E-state index contributed by atoms with van der Waals surface area (Å²) in [5, 5.41) is 11.8. The number of nitrogens with one attached hydrogen (secondary N) is 2. The van der Waals surface area contributed by atoms with Gasteiger partial charge in [0.15, 0.2) is 0 Å². The van der Waals surface area contributed by atoms with E-state index in [1.807, 2.05) is 18.2 Å². The Morgan fingerprint density at radius 2 is 1.47 bits per heavy atom. The first-order valence-corrected chi connectivity index (χ1v) is 9.95. The zero-order chi connectivity index (χ0) is 24.3.